The Morgan fingerprint density at radius 2 is 1.77 bits per heavy atom. The SMILES string of the molecule is CCS(=O)(=O)c1ccc(C2(NS(=O)C(C)(C)C)COC2)cc1. The van der Waals surface area contributed by atoms with E-state index in [2.05, 4.69) is 4.72 Å². The predicted molar refractivity (Wildman–Crippen MR) is 87.7 cm³/mol. The van der Waals surface area contributed by atoms with Gasteiger partial charge < -0.3 is 4.74 Å². The summed E-state index contributed by atoms with van der Waals surface area (Å²) in [5.41, 5.74) is 0.388. The molecular weight excluding hydrogens is 322 g/mol. The molecule has 0 spiro atoms. The largest absolute Gasteiger partial charge is 0.377 e. The van der Waals surface area contributed by atoms with E-state index in [4.69, 9.17) is 4.74 Å². The second-order valence-electron chi connectivity index (χ2n) is 6.49. The molecule has 0 radical (unpaired) electrons. The van der Waals surface area contributed by atoms with Gasteiger partial charge in [0.25, 0.3) is 0 Å². The van der Waals surface area contributed by atoms with Gasteiger partial charge in [0.1, 0.15) is 5.54 Å². The van der Waals surface area contributed by atoms with Crippen molar-refractivity contribution in [3.8, 4) is 0 Å². The van der Waals surface area contributed by atoms with Gasteiger partial charge in [-0.05, 0) is 38.5 Å². The highest BCUT2D eigenvalue weighted by atomic mass is 32.2. The lowest BCUT2D eigenvalue weighted by Crippen LogP contribution is -2.59. The maximum absolute atomic E-state index is 12.4. The van der Waals surface area contributed by atoms with Crippen LogP contribution in [0.1, 0.15) is 33.3 Å². The molecule has 0 aromatic heterocycles. The molecule has 1 N–H and O–H groups in total. The van der Waals surface area contributed by atoms with E-state index in [1.165, 1.54) is 0 Å². The maximum Gasteiger partial charge on any atom is 0.178 e. The summed E-state index contributed by atoms with van der Waals surface area (Å²) >= 11 is 0. The highest BCUT2D eigenvalue weighted by molar-refractivity contribution is 7.91. The summed E-state index contributed by atoms with van der Waals surface area (Å²) in [6.45, 7) is 8.18. The molecule has 1 saturated heterocycles. The molecule has 7 heteroatoms. The second-order valence-corrected chi connectivity index (χ2v) is 10.7. The van der Waals surface area contributed by atoms with E-state index < -0.39 is 26.4 Å². The zero-order valence-corrected chi connectivity index (χ0v) is 15.0. The number of sulfone groups is 1. The second kappa shape index (κ2) is 6.03. The average molecular weight is 345 g/mol. The van der Waals surface area contributed by atoms with Crippen LogP contribution in [0.25, 0.3) is 0 Å². The van der Waals surface area contributed by atoms with Crippen molar-refractivity contribution in [2.75, 3.05) is 19.0 Å². The quantitative estimate of drug-likeness (QED) is 0.882. The van der Waals surface area contributed by atoms with Crippen molar-refractivity contribution in [2.45, 2.75) is 42.9 Å². The third kappa shape index (κ3) is 3.42. The first-order chi connectivity index (χ1) is 10.1. The average Bonchev–Trinajstić information content (AvgIpc) is 2.41. The normalized spacial score (nSPS) is 19.5. The Labute approximate surface area is 135 Å². The van der Waals surface area contributed by atoms with Crippen LogP contribution in [-0.2, 0) is 31.1 Å². The Morgan fingerprint density at radius 1 is 1.23 bits per heavy atom. The minimum absolute atomic E-state index is 0.0763. The minimum Gasteiger partial charge on any atom is -0.377 e. The minimum atomic E-state index is -3.21. The molecule has 0 aliphatic carbocycles. The van der Waals surface area contributed by atoms with Crippen LogP contribution >= 0.6 is 0 Å². The molecule has 0 bridgehead atoms. The maximum atomic E-state index is 12.4. The molecule has 1 aromatic carbocycles. The van der Waals surface area contributed by atoms with Gasteiger partial charge in [-0.25, -0.2) is 17.3 Å². The Hall–Kier alpha value is -0.760. The molecule has 1 aliphatic heterocycles. The summed E-state index contributed by atoms with van der Waals surface area (Å²) in [4.78, 5) is 0.311. The first-order valence-electron chi connectivity index (χ1n) is 7.21. The van der Waals surface area contributed by atoms with Crippen molar-refractivity contribution < 1.29 is 17.4 Å². The van der Waals surface area contributed by atoms with E-state index in [0.717, 1.165) is 5.56 Å². The summed E-state index contributed by atoms with van der Waals surface area (Å²) in [7, 11) is -4.44. The Balaban J connectivity index is 2.27. The summed E-state index contributed by atoms with van der Waals surface area (Å²) in [5, 5.41) is 0. The van der Waals surface area contributed by atoms with Crippen LogP contribution in [0.15, 0.2) is 29.2 Å². The molecule has 124 valence electrons. The number of ether oxygens (including phenoxy) is 1. The van der Waals surface area contributed by atoms with Crippen LogP contribution in [0.2, 0.25) is 0 Å². The lowest BCUT2D eigenvalue weighted by atomic mass is 9.89. The molecule has 5 nitrogen and oxygen atoms in total. The van der Waals surface area contributed by atoms with Gasteiger partial charge in [-0.15, -0.1) is 0 Å². The van der Waals surface area contributed by atoms with Crippen LogP contribution in [0.4, 0.5) is 0 Å². The smallest absolute Gasteiger partial charge is 0.178 e. The van der Waals surface area contributed by atoms with Gasteiger partial charge in [0, 0.05) is 0 Å². The summed E-state index contributed by atoms with van der Waals surface area (Å²) in [6.07, 6.45) is 0. The van der Waals surface area contributed by atoms with Gasteiger partial charge in [0.15, 0.2) is 9.84 Å². The lowest BCUT2D eigenvalue weighted by molar-refractivity contribution is -0.0659. The van der Waals surface area contributed by atoms with E-state index in [-0.39, 0.29) is 10.5 Å². The number of nitrogens with one attached hydrogen (secondary N) is 1. The van der Waals surface area contributed by atoms with Crippen molar-refractivity contribution in [2.24, 2.45) is 0 Å². The molecule has 1 atom stereocenters. The van der Waals surface area contributed by atoms with Crippen LogP contribution in [-0.4, -0.2) is 36.3 Å². The number of hydrogen-bond donors (Lipinski definition) is 1. The first kappa shape index (κ1) is 17.6. The van der Waals surface area contributed by atoms with Crippen molar-refractivity contribution in [3.63, 3.8) is 0 Å². The van der Waals surface area contributed by atoms with E-state index in [1.54, 1.807) is 31.2 Å². The van der Waals surface area contributed by atoms with Gasteiger partial charge in [-0.2, -0.15) is 0 Å². The molecule has 1 aromatic rings. The molecule has 1 heterocycles. The van der Waals surface area contributed by atoms with Crippen LogP contribution in [0.5, 0.6) is 0 Å². The fourth-order valence-electron chi connectivity index (χ4n) is 2.07. The van der Waals surface area contributed by atoms with E-state index in [0.29, 0.717) is 18.1 Å². The molecule has 1 aliphatic rings. The van der Waals surface area contributed by atoms with Crippen LogP contribution in [0.3, 0.4) is 0 Å². The van der Waals surface area contributed by atoms with Crippen molar-refractivity contribution in [1.82, 2.24) is 4.72 Å². The molecule has 0 amide bonds. The summed E-state index contributed by atoms with van der Waals surface area (Å²) in [5.74, 6) is 0.0763. The highest BCUT2D eigenvalue weighted by Gasteiger charge is 2.43. The van der Waals surface area contributed by atoms with Gasteiger partial charge in [-0.3, -0.25) is 0 Å². The van der Waals surface area contributed by atoms with E-state index in [1.807, 2.05) is 20.8 Å². The zero-order chi connectivity index (χ0) is 16.6. The van der Waals surface area contributed by atoms with Crippen molar-refractivity contribution >= 4 is 20.8 Å². The standard InChI is InChI=1S/C15H23NO4S2/c1-5-22(18,19)13-8-6-12(7-9-13)15(10-20-11-15)16-21(17)14(2,3)4/h6-9,16H,5,10-11H2,1-4H3. The zero-order valence-electron chi connectivity index (χ0n) is 13.4. The third-order valence-corrected chi connectivity index (χ3v) is 7.13. The van der Waals surface area contributed by atoms with Gasteiger partial charge in [-0.1, -0.05) is 19.1 Å². The lowest BCUT2D eigenvalue weighted by Gasteiger charge is -2.43. The van der Waals surface area contributed by atoms with E-state index >= 15 is 0 Å². The molecule has 22 heavy (non-hydrogen) atoms. The van der Waals surface area contributed by atoms with E-state index in [9.17, 15) is 12.6 Å². The van der Waals surface area contributed by atoms with Crippen molar-refractivity contribution in [1.29, 1.82) is 0 Å². The molecule has 1 unspecified atom stereocenters. The Morgan fingerprint density at radius 3 is 2.14 bits per heavy atom. The van der Waals surface area contributed by atoms with Crippen LogP contribution in [0, 0.1) is 0 Å². The van der Waals surface area contributed by atoms with Gasteiger partial charge >= 0.3 is 0 Å². The fourth-order valence-corrected chi connectivity index (χ4v) is 3.85. The molecule has 0 saturated carbocycles. The predicted octanol–water partition coefficient (Wildman–Crippen LogP) is 1.76. The number of hydrogen-bond acceptors (Lipinski definition) is 4. The topological polar surface area (TPSA) is 72.5 Å². The van der Waals surface area contributed by atoms with Crippen molar-refractivity contribution in [3.05, 3.63) is 29.8 Å². The molecular formula is C15H23NO4S2. The summed E-state index contributed by atoms with van der Waals surface area (Å²) in [6, 6.07) is 6.77. The van der Waals surface area contributed by atoms with Gasteiger partial charge in [0.05, 0.1) is 39.6 Å². The monoisotopic (exact) mass is 345 g/mol. The molecule has 2 rings (SSSR count). The Bertz CT molecular complexity index is 656. The Kier molecular flexibility index (Phi) is 4.82. The summed E-state index contributed by atoms with van der Waals surface area (Å²) < 4.78 is 44.2. The number of benzene rings is 1. The van der Waals surface area contributed by atoms with Gasteiger partial charge in [0.2, 0.25) is 0 Å². The third-order valence-electron chi connectivity index (χ3n) is 3.69. The first-order valence-corrected chi connectivity index (χ1v) is 10.0. The highest BCUT2D eigenvalue weighted by Crippen LogP contribution is 2.32. The number of rotatable bonds is 5. The molecule has 1 fully saturated rings. The fraction of sp³-hybridized carbons (Fsp3) is 0.600. The van der Waals surface area contributed by atoms with Crippen LogP contribution < -0.4 is 4.72 Å².